The van der Waals surface area contributed by atoms with Crippen molar-refractivity contribution in [2.75, 3.05) is 11.1 Å². The number of nitrogen functional groups attached to an aromatic ring is 1. The highest BCUT2D eigenvalue weighted by Crippen LogP contribution is 2.36. The minimum Gasteiger partial charge on any atom is -0.452 e. The van der Waals surface area contributed by atoms with E-state index in [0.29, 0.717) is 34.4 Å². The van der Waals surface area contributed by atoms with Gasteiger partial charge in [-0.1, -0.05) is 15.9 Å². The van der Waals surface area contributed by atoms with Crippen LogP contribution in [-0.2, 0) is 11.2 Å². The van der Waals surface area contributed by atoms with Gasteiger partial charge in [-0.25, -0.2) is 4.39 Å². The Balaban J connectivity index is 1.95. The monoisotopic (exact) mass is 350 g/mol. The summed E-state index contributed by atoms with van der Waals surface area (Å²) in [6.45, 7) is 0. The molecule has 2 aromatic rings. The number of halogens is 2. The predicted molar refractivity (Wildman–Crippen MR) is 82.0 cm³/mol. The smallest absolute Gasteiger partial charge is 0.224 e. The number of benzene rings is 2. The van der Waals surface area contributed by atoms with Gasteiger partial charge in [-0.2, -0.15) is 0 Å². The number of hydrogen-bond donors (Lipinski definition) is 2. The van der Waals surface area contributed by atoms with Crippen molar-refractivity contribution in [1.82, 2.24) is 0 Å². The number of rotatable bonds is 2. The first-order chi connectivity index (χ1) is 10.0. The molecule has 0 fully saturated rings. The van der Waals surface area contributed by atoms with E-state index in [1.54, 1.807) is 18.2 Å². The average molecular weight is 351 g/mol. The molecule has 0 bridgehead atoms. The Hall–Kier alpha value is -2.08. The third-order valence-corrected chi connectivity index (χ3v) is 3.74. The maximum atomic E-state index is 13.8. The van der Waals surface area contributed by atoms with Crippen molar-refractivity contribution >= 4 is 33.2 Å². The van der Waals surface area contributed by atoms with Crippen LogP contribution in [0.2, 0.25) is 0 Å². The molecule has 0 radical (unpaired) electrons. The molecule has 0 atom stereocenters. The van der Waals surface area contributed by atoms with Crippen LogP contribution in [0.4, 0.5) is 15.8 Å². The van der Waals surface area contributed by atoms with Crippen LogP contribution in [0.15, 0.2) is 34.8 Å². The highest BCUT2D eigenvalue weighted by Gasteiger charge is 2.18. The Bertz CT molecular complexity index is 734. The van der Waals surface area contributed by atoms with Gasteiger partial charge in [0.2, 0.25) is 5.91 Å². The van der Waals surface area contributed by atoms with Gasteiger partial charge in [0.15, 0.2) is 17.3 Å². The normalized spacial score (nSPS) is 13.5. The summed E-state index contributed by atoms with van der Waals surface area (Å²) in [5.74, 6) is -0.150. The number of hydrogen-bond acceptors (Lipinski definition) is 3. The number of carbonyl (C=O) groups excluding carboxylic acids is 1. The summed E-state index contributed by atoms with van der Waals surface area (Å²) >= 11 is 3.18. The Morgan fingerprint density at radius 3 is 2.76 bits per heavy atom. The van der Waals surface area contributed by atoms with E-state index >= 15 is 0 Å². The van der Waals surface area contributed by atoms with Crippen molar-refractivity contribution in [3.8, 4) is 11.5 Å². The predicted octanol–water partition coefficient (Wildman–Crippen LogP) is 3.85. The second-order valence-electron chi connectivity index (χ2n) is 4.77. The van der Waals surface area contributed by atoms with E-state index in [1.165, 1.54) is 12.1 Å². The maximum Gasteiger partial charge on any atom is 0.224 e. The fourth-order valence-corrected chi connectivity index (χ4v) is 2.53. The number of anilines is 2. The van der Waals surface area contributed by atoms with Crippen LogP contribution in [0.5, 0.6) is 11.5 Å². The third kappa shape index (κ3) is 2.85. The highest BCUT2D eigenvalue weighted by molar-refractivity contribution is 9.10. The van der Waals surface area contributed by atoms with Crippen LogP contribution < -0.4 is 15.8 Å². The zero-order valence-electron chi connectivity index (χ0n) is 11.0. The zero-order valence-corrected chi connectivity index (χ0v) is 12.5. The summed E-state index contributed by atoms with van der Waals surface area (Å²) in [5, 5.41) is 2.76. The summed E-state index contributed by atoms with van der Waals surface area (Å²) in [4.78, 5) is 11.4. The third-order valence-electron chi connectivity index (χ3n) is 3.24. The van der Waals surface area contributed by atoms with Crippen molar-refractivity contribution in [3.05, 3.63) is 46.2 Å². The molecular weight excluding hydrogens is 339 g/mol. The molecule has 4 nitrogen and oxygen atoms in total. The van der Waals surface area contributed by atoms with Crippen LogP contribution in [0.1, 0.15) is 12.0 Å². The van der Waals surface area contributed by atoms with Crippen molar-refractivity contribution < 1.29 is 13.9 Å². The first-order valence-corrected chi connectivity index (χ1v) is 7.17. The molecule has 1 amide bonds. The molecule has 0 spiro atoms. The molecular formula is C15H12BrFN2O2. The van der Waals surface area contributed by atoms with Crippen molar-refractivity contribution in [2.24, 2.45) is 0 Å². The number of aryl methyl sites for hydroxylation is 1. The quantitative estimate of drug-likeness (QED) is 0.808. The maximum absolute atomic E-state index is 13.8. The van der Waals surface area contributed by atoms with Gasteiger partial charge < -0.3 is 15.8 Å². The van der Waals surface area contributed by atoms with Crippen molar-refractivity contribution in [1.29, 1.82) is 0 Å². The summed E-state index contributed by atoms with van der Waals surface area (Å²) in [6.07, 6.45) is 1.08. The van der Waals surface area contributed by atoms with Crippen LogP contribution in [-0.4, -0.2) is 5.91 Å². The Morgan fingerprint density at radius 1 is 1.19 bits per heavy atom. The van der Waals surface area contributed by atoms with Gasteiger partial charge in [-0.15, -0.1) is 0 Å². The van der Waals surface area contributed by atoms with Crippen molar-refractivity contribution in [3.63, 3.8) is 0 Å². The Labute approximate surface area is 129 Å². The molecule has 3 rings (SSSR count). The molecule has 0 saturated heterocycles. The van der Waals surface area contributed by atoms with Gasteiger partial charge in [-0.3, -0.25) is 4.79 Å². The fourth-order valence-electron chi connectivity index (χ4n) is 2.19. The fraction of sp³-hybridized carbons (Fsp3) is 0.133. The largest absolute Gasteiger partial charge is 0.452 e. The summed E-state index contributed by atoms with van der Waals surface area (Å²) < 4.78 is 20.0. The topological polar surface area (TPSA) is 64.3 Å². The number of ether oxygens (including phenoxy) is 1. The molecule has 6 heteroatoms. The lowest BCUT2D eigenvalue weighted by atomic mass is 10.0. The van der Waals surface area contributed by atoms with Crippen LogP contribution >= 0.6 is 15.9 Å². The minimum absolute atomic E-state index is 0.0481. The van der Waals surface area contributed by atoms with E-state index in [4.69, 9.17) is 10.5 Å². The molecule has 3 N–H and O–H groups in total. The van der Waals surface area contributed by atoms with Crippen LogP contribution in [0, 0.1) is 5.82 Å². The lowest BCUT2D eigenvalue weighted by Crippen LogP contribution is -2.19. The molecule has 108 valence electrons. The molecule has 0 aromatic heterocycles. The molecule has 21 heavy (non-hydrogen) atoms. The van der Waals surface area contributed by atoms with Crippen LogP contribution in [0.25, 0.3) is 0 Å². The molecule has 0 aliphatic carbocycles. The number of nitrogens with one attached hydrogen (secondary N) is 1. The molecule has 2 aromatic carbocycles. The van der Waals surface area contributed by atoms with Crippen LogP contribution in [0.3, 0.4) is 0 Å². The van der Waals surface area contributed by atoms with E-state index in [-0.39, 0.29) is 11.7 Å². The number of fused-ring (bicyclic) bond motifs is 1. The molecule has 1 aliphatic heterocycles. The van der Waals surface area contributed by atoms with Gasteiger partial charge in [-0.05, 0) is 36.2 Å². The van der Waals surface area contributed by atoms with E-state index in [1.807, 2.05) is 0 Å². The zero-order chi connectivity index (χ0) is 15.0. The lowest BCUT2D eigenvalue weighted by Gasteiger charge is -2.19. The molecule has 1 heterocycles. The number of nitrogens with two attached hydrogens (primary N) is 1. The number of carbonyl (C=O) groups is 1. The van der Waals surface area contributed by atoms with Gasteiger partial charge in [0.25, 0.3) is 0 Å². The lowest BCUT2D eigenvalue weighted by molar-refractivity contribution is -0.116. The minimum atomic E-state index is -0.495. The van der Waals surface area contributed by atoms with Gasteiger partial charge in [0, 0.05) is 22.6 Å². The van der Waals surface area contributed by atoms with Gasteiger partial charge in [0.1, 0.15) is 0 Å². The van der Waals surface area contributed by atoms with E-state index < -0.39 is 5.82 Å². The van der Waals surface area contributed by atoms with Gasteiger partial charge in [0.05, 0.1) is 5.69 Å². The molecule has 0 saturated carbocycles. The second-order valence-corrected chi connectivity index (χ2v) is 5.69. The molecule has 1 aliphatic rings. The van der Waals surface area contributed by atoms with E-state index in [9.17, 15) is 9.18 Å². The average Bonchev–Trinajstić information content (AvgIpc) is 2.43. The Morgan fingerprint density at radius 2 is 2.00 bits per heavy atom. The second kappa shape index (κ2) is 5.37. The SMILES string of the molecule is Nc1cc2c(cc1Oc1ccc(Br)cc1F)NC(=O)CC2. The first-order valence-electron chi connectivity index (χ1n) is 6.38. The summed E-state index contributed by atoms with van der Waals surface area (Å²) in [7, 11) is 0. The van der Waals surface area contributed by atoms with Gasteiger partial charge >= 0.3 is 0 Å². The number of amides is 1. The Kier molecular flexibility index (Phi) is 3.55. The summed E-state index contributed by atoms with van der Waals surface area (Å²) in [6, 6.07) is 7.88. The summed E-state index contributed by atoms with van der Waals surface area (Å²) in [5.41, 5.74) is 7.96. The van der Waals surface area contributed by atoms with Crippen molar-refractivity contribution in [2.45, 2.75) is 12.8 Å². The van der Waals surface area contributed by atoms with E-state index in [2.05, 4.69) is 21.2 Å². The first kappa shape index (κ1) is 13.9. The highest BCUT2D eigenvalue weighted by atomic mass is 79.9. The molecule has 0 unspecified atom stereocenters. The standard InChI is InChI=1S/C15H12BrFN2O2/c16-9-2-3-13(10(17)6-9)21-14-7-12-8(5-11(14)18)1-4-15(20)19-12/h2-3,5-7H,1,4,18H2,(H,19,20). The van der Waals surface area contributed by atoms with E-state index in [0.717, 1.165) is 5.56 Å².